The van der Waals surface area contributed by atoms with Crippen molar-refractivity contribution < 1.29 is 9.53 Å². The van der Waals surface area contributed by atoms with Gasteiger partial charge in [-0.3, -0.25) is 9.97 Å². The van der Waals surface area contributed by atoms with Gasteiger partial charge in [0.05, 0.1) is 16.7 Å². The summed E-state index contributed by atoms with van der Waals surface area (Å²) in [6.45, 7) is 5.51. The van der Waals surface area contributed by atoms with E-state index < -0.39 is 0 Å². The molecule has 6 aromatic rings. The van der Waals surface area contributed by atoms with Crippen molar-refractivity contribution in [2.24, 2.45) is 0 Å². The van der Waals surface area contributed by atoms with Crippen molar-refractivity contribution in [2.45, 2.75) is 59.5 Å². The number of carbonyl (C=O) groups is 1. The standard InChI is InChI=1S/C19H20ClN5O2.C16H16ClN5.2CH4/c1-2-27-19(26)24-9-6-14(7-10-24)25-17-16(11-13(20)12-22-17)23-18(25)15-5-3-4-8-21-15;17-11-9-14-15(20-10-11)22(12-4-7-18-8-5-12)16(21-14)13-3-1-2-6-19-13;;/h3-5,8,11-12,14H,2,6-7,9-10H2,1H3;1-3,6,9-10,12,18H,4-5,7-8H2;2*1H4. The molecular formula is C37H44Cl2N10O2. The Morgan fingerprint density at radius 1 is 0.765 bits per heavy atom. The third-order valence-corrected chi connectivity index (χ3v) is 9.22. The Kier molecular flexibility index (Phi) is 12.6. The topological polar surface area (TPSA) is 129 Å². The van der Waals surface area contributed by atoms with Gasteiger partial charge in [-0.05, 0) is 82.1 Å². The van der Waals surface area contributed by atoms with E-state index in [1.54, 1.807) is 29.7 Å². The van der Waals surface area contributed by atoms with Gasteiger partial charge in [-0.25, -0.2) is 24.7 Å². The molecule has 1 N–H and O–H groups in total. The molecule has 0 bridgehead atoms. The minimum atomic E-state index is -0.249. The number of rotatable bonds is 5. The number of halogens is 2. The maximum Gasteiger partial charge on any atom is 0.409 e. The fourth-order valence-corrected chi connectivity index (χ4v) is 6.85. The number of nitrogens with zero attached hydrogens (tertiary/aromatic N) is 9. The third-order valence-electron chi connectivity index (χ3n) is 8.81. The van der Waals surface area contributed by atoms with Crippen molar-refractivity contribution in [1.82, 2.24) is 49.3 Å². The number of imidazole rings is 2. The van der Waals surface area contributed by atoms with Crippen molar-refractivity contribution in [3.05, 3.63) is 83.4 Å². The lowest BCUT2D eigenvalue weighted by Crippen LogP contribution is -2.39. The van der Waals surface area contributed by atoms with Gasteiger partial charge < -0.3 is 24.1 Å². The van der Waals surface area contributed by atoms with E-state index in [0.717, 1.165) is 84.1 Å². The molecule has 8 heterocycles. The monoisotopic (exact) mass is 730 g/mol. The molecule has 0 aromatic carbocycles. The van der Waals surface area contributed by atoms with Crippen LogP contribution in [-0.4, -0.2) is 82.8 Å². The Bertz CT molecular complexity index is 2040. The predicted octanol–water partition coefficient (Wildman–Crippen LogP) is 8.28. The van der Waals surface area contributed by atoms with E-state index >= 15 is 0 Å². The van der Waals surface area contributed by atoms with Crippen LogP contribution in [0.1, 0.15) is 59.5 Å². The van der Waals surface area contributed by atoms with Gasteiger partial charge in [0.25, 0.3) is 0 Å². The van der Waals surface area contributed by atoms with E-state index in [4.69, 9.17) is 37.9 Å². The molecule has 14 heteroatoms. The number of amides is 1. The first-order valence-electron chi connectivity index (χ1n) is 16.5. The van der Waals surface area contributed by atoms with Crippen LogP contribution in [0.25, 0.3) is 45.4 Å². The SMILES string of the molecule is C.C.CCOC(=O)N1CCC(n2c(-c3ccccn3)nc3cc(Cl)cnc32)CC1.Clc1cnc2c(c1)nc(-c1ccccn1)n2C1CCNCC1. The van der Waals surface area contributed by atoms with Crippen molar-refractivity contribution in [2.75, 3.05) is 32.8 Å². The van der Waals surface area contributed by atoms with E-state index in [1.165, 1.54) is 0 Å². The zero-order valence-electron chi connectivity index (χ0n) is 27.0. The average molecular weight is 732 g/mol. The van der Waals surface area contributed by atoms with Gasteiger partial charge in [-0.2, -0.15) is 0 Å². The van der Waals surface area contributed by atoms with Crippen LogP contribution >= 0.6 is 23.2 Å². The van der Waals surface area contributed by atoms with Crippen molar-refractivity contribution in [1.29, 1.82) is 0 Å². The van der Waals surface area contributed by atoms with E-state index in [-0.39, 0.29) is 27.0 Å². The average Bonchev–Trinajstić information content (AvgIpc) is 3.71. The van der Waals surface area contributed by atoms with Crippen LogP contribution in [0.2, 0.25) is 10.0 Å². The molecule has 0 aliphatic carbocycles. The van der Waals surface area contributed by atoms with Crippen LogP contribution in [-0.2, 0) is 4.74 Å². The van der Waals surface area contributed by atoms with Crippen LogP contribution < -0.4 is 5.32 Å². The lowest BCUT2D eigenvalue weighted by molar-refractivity contribution is 0.0931. The van der Waals surface area contributed by atoms with E-state index in [1.807, 2.05) is 55.5 Å². The number of fused-ring (bicyclic) bond motifs is 2. The summed E-state index contributed by atoms with van der Waals surface area (Å²) in [5, 5.41) is 4.56. The molecular weight excluding hydrogens is 687 g/mol. The van der Waals surface area contributed by atoms with Crippen molar-refractivity contribution in [3.8, 4) is 23.0 Å². The molecule has 1 amide bonds. The molecule has 0 saturated carbocycles. The van der Waals surface area contributed by atoms with Gasteiger partial charge in [0, 0.05) is 50.0 Å². The number of hydrogen-bond acceptors (Lipinski definition) is 9. The predicted molar refractivity (Wildman–Crippen MR) is 203 cm³/mol. The number of piperidine rings is 2. The molecule has 2 saturated heterocycles. The highest BCUT2D eigenvalue weighted by Crippen LogP contribution is 2.33. The number of hydrogen-bond donors (Lipinski definition) is 1. The van der Waals surface area contributed by atoms with Crippen LogP contribution in [0.4, 0.5) is 4.79 Å². The molecule has 51 heavy (non-hydrogen) atoms. The normalized spacial score (nSPS) is 15.1. The molecule has 6 aromatic heterocycles. The maximum absolute atomic E-state index is 12.0. The van der Waals surface area contributed by atoms with Gasteiger partial charge in [-0.1, -0.05) is 50.2 Å². The fraction of sp³-hybridized carbons (Fsp3) is 0.378. The molecule has 268 valence electrons. The van der Waals surface area contributed by atoms with E-state index in [2.05, 4.69) is 34.4 Å². The first kappa shape index (κ1) is 37.6. The lowest BCUT2D eigenvalue weighted by atomic mass is 10.0. The first-order valence-corrected chi connectivity index (χ1v) is 17.3. The van der Waals surface area contributed by atoms with Crippen molar-refractivity contribution in [3.63, 3.8) is 0 Å². The van der Waals surface area contributed by atoms with Crippen LogP contribution in [0, 0.1) is 0 Å². The van der Waals surface area contributed by atoms with Gasteiger partial charge in [-0.15, -0.1) is 0 Å². The first-order chi connectivity index (χ1) is 24.0. The van der Waals surface area contributed by atoms with Crippen LogP contribution in [0.15, 0.2) is 73.3 Å². The third kappa shape index (κ3) is 8.14. The summed E-state index contributed by atoms with van der Waals surface area (Å²) in [4.78, 5) is 41.2. The molecule has 2 aliphatic heterocycles. The van der Waals surface area contributed by atoms with Gasteiger partial charge in [0.1, 0.15) is 22.4 Å². The quantitative estimate of drug-likeness (QED) is 0.186. The molecule has 0 unspecified atom stereocenters. The zero-order chi connectivity index (χ0) is 33.7. The molecule has 8 rings (SSSR count). The van der Waals surface area contributed by atoms with Gasteiger partial charge >= 0.3 is 6.09 Å². The number of pyridine rings is 4. The Morgan fingerprint density at radius 3 is 1.71 bits per heavy atom. The largest absolute Gasteiger partial charge is 0.450 e. The number of likely N-dealkylation sites (tertiary alicyclic amines) is 1. The molecule has 2 aliphatic rings. The Hall–Kier alpha value is -4.65. The second-order valence-corrected chi connectivity index (χ2v) is 12.8. The summed E-state index contributed by atoms with van der Waals surface area (Å²) >= 11 is 12.2. The summed E-state index contributed by atoms with van der Waals surface area (Å²) in [5.74, 6) is 1.65. The molecule has 0 radical (unpaired) electrons. The highest BCUT2D eigenvalue weighted by atomic mass is 35.5. The lowest BCUT2D eigenvalue weighted by Gasteiger charge is -2.32. The Morgan fingerprint density at radius 2 is 1.25 bits per heavy atom. The Balaban J connectivity index is 0.000000194. The molecule has 2 fully saturated rings. The summed E-state index contributed by atoms with van der Waals surface area (Å²) in [7, 11) is 0. The minimum Gasteiger partial charge on any atom is -0.450 e. The fourth-order valence-electron chi connectivity index (χ4n) is 6.54. The van der Waals surface area contributed by atoms with Crippen LogP contribution in [0.5, 0.6) is 0 Å². The second-order valence-electron chi connectivity index (χ2n) is 11.9. The van der Waals surface area contributed by atoms with E-state index in [9.17, 15) is 4.79 Å². The maximum atomic E-state index is 12.0. The smallest absolute Gasteiger partial charge is 0.409 e. The molecule has 0 spiro atoms. The summed E-state index contributed by atoms with van der Waals surface area (Å²) in [6.07, 6.45) is 10.4. The minimum absolute atomic E-state index is 0. The van der Waals surface area contributed by atoms with E-state index in [0.29, 0.717) is 35.8 Å². The highest BCUT2D eigenvalue weighted by molar-refractivity contribution is 6.31. The zero-order valence-corrected chi connectivity index (χ0v) is 28.6. The van der Waals surface area contributed by atoms with Crippen LogP contribution in [0.3, 0.4) is 0 Å². The summed E-state index contributed by atoms with van der Waals surface area (Å²) < 4.78 is 9.48. The molecule has 0 atom stereocenters. The van der Waals surface area contributed by atoms with Gasteiger partial charge in [0.2, 0.25) is 0 Å². The summed E-state index contributed by atoms with van der Waals surface area (Å²) in [5.41, 5.74) is 4.91. The van der Waals surface area contributed by atoms with Gasteiger partial charge in [0.15, 0.2) is 22.9 Å². The second kappa shape index (κ2) is 17.0. The highest BCUT2D eigenvalue weighted by Gasteiger charge is 2.29. The number of ether oxygens (including phenoxy) is 1. The number of carbonyl (C=O) groups excluding carboxylic acids is 1. The van der Waals surface area contributed by atoms with Crippen molar-refractivity contribution >= 4 is 51.6 Å². The number of aromatic nitrogens is 8. The Labute approximate surface area is 308 Å². The number of nitrogens with one attached hydrogen (secondary N) is 1. The molecule has 12 nitrogen and oxygen atoms in total. The summed E-state index contributed by atoms with van der Waals surface area (Å²) in [6, 6.07) is 15.9.